The van der Waals surface area contributed by atoms with E-state index < -0.39 is 16.0 Å². The number of hydrogen-bond acceptors (Lipinski definition) is 3. The fourth-order valence-corrected chi connectivity index (χ4v) is 4.15. The summed E-state index contributed by atoms with van der Waals surface area (Å²) >= 11 is 0. The minimum absolute atomic E-state index is 0.223. The first-order valence-electron chi connectivity index (χ1n) is 6.18. The molecule has 0 bridgehead atoms. The Kier molecular flexibility index (Phi) is 6.03. The standard InChI is InChI=1S/C12H22O3S/c1-3-4-9-11(12(13)15-2)16(14)10-7-5-6-8-10/h10-11H,3-9H2,1-2H3. The maximum Gasteiger partial charge on any atom is 0.321 e. The molecule has 0 N–H and O–H groups in total. The summed E-state index contributed by atoms with van der Waals surface area (Å²) in [5.74, 6) is -0.293. The Morgan fingerprint density at radius 3 is 2.56 bits per heavy atom. The quantitative estimate of drug-likeness (QED) is 0.676. The Balaban J connectivity index is 2.59. The number of hydrogen-bond donors (Lipinski definition) is 0. The Morgan fingerprint density at radius 1 is 1.44 bits per heavy atom. The molecule has 1 rings (SSSR count). The van der Waals surface area contributed by atoms with Gasteiger partial charge in [-0.15, -0.1) is 0 Å². The van der Waals surface area contributed by atoms with E-state index in [9.17, 15) is 9.00 Å². The van der Waals surface area contributed by atoms with Gasteiger partial charge in [-0.2, -0.15) is 0 Å². The van der Waals surface area contributed by atoms with Crippen LogP contribution in [0.3, 0.4) is 0 Å². The SMILES string of the molecule is CCCCC(C(=O)OC)S(=O)C1CCCC1. The van der Waals surface area contributed by atoms with Gasteiger partial charge in [-0.25, -0.2) is 0 Å². The molecule has 94 valence electrons. The molecule has 0 heterocycles. The summed E-state index contributed by atoms with van der Waals surface area (Å²) < 4.78 is 17.0. The molecule has 2 unspecified atom stereocenters. The van der Waals surface area contributed by atoms with Crippen LogP contribution in [-0.4, -0.2) is 27.8 Å². The normalized spacial score (nSPS) is 20.6. The zero-order valence-electron chi connectivity index (χ0n) is 10.2. The van der Waals surface area contributed by atoms with E-state index in [0.29, 0.717) is 6.42 Å². The maximum absolute atomic E-state index is 12.3. The lowest BCUT2D eigenvalue weighted by molar-refractivity contribution is -0.140. The smallest absolute Gasteiger partial charge is 0.321 e. The molecule has 4 heteroatoms. The molecule has 1 aliphatic carbocycles. The van der Waals surface area contributed by atoms with E-state index in [0.717, 1.165) is 38.5 Å². The van der Waals surface area contributed by atoms with E-state index >= 15 is 0 Å². The number of carbonyl (C=O) groups is 1. The highest BCUT2D eigenvalue weighted by Crippen LogP contribution is 2.26. The van der Waals surface area contributed by atoms with Gasteiger partial charge in [0.15, 0.2) is 0 Å². The third-order valence-electron chi connectivity index (χ3n) is 3.20. The molecule has 3 nitrogen and oxygen atoms in total. The predicted molar refractivity (Wildman–Crippen MR) is 65.7 cm³/mol. The lowest BCUT2D eigenvalue weighted by Gasteiger charge is -2.18. The zero-order valence-corrected chi connectivity index (χ0v) is 11.1. The van der Waals surface area contributed by atoms with E-state index in [2.05, 4.69) is 6.92 Å². The van der Waals surface area contributed by atoms with Crippen molar-refractivity contribution in [1.29, 1.82) is 0 Å². The van der Waals surface area contributed by atoms with Crippen molar-refractivity contribution in [3.05, 3.63) is 0 Å². The van der Waals surface area contributed by atoms with Gasteiger partial charge in [-0.3, -0.25) is 9.00 Å². The van der Waals surface area contributed by atoms with Gasteiger partial charge >= 0.3 is 5.97 Å². The van der Waals surface area contributed by atoms with Crippen LogP contribution in [0.1, 0.15) is 51.9 Å². The van der Waals surface area contributed by atoms with Crippen LogP contribution in [0.25, 0.3) is 0 Å². The third kappa shape index (κ3) is 3.58. The fourth-order valence-electron chi connectivity index (χ4n) is 2.20. The van der Waals surface area contributed by atoms with Gasteiger partial charge in [-0.05, 0) is 19.3 Å². The molecule has 1 fully saturated rings. The predicted octanol–water partition coefficient (Wildman–Crippen LogP) is 2.41. The van der Waals surface area contributed by atoms with Gasteiger partial charge in [0, 0.05) is 16.0 Å². The molecule has 16 heavy (non-hydrogen) atoms. The average Bonchev–Trinajstić information content (AvgIpc) is 2.82. The van der Waals surface area contributed by atoms with Crippen molar-refractivity contribution in [2.45, 2.75) is 62.4 Å². The second-order valence-corrected chi connectivity index (χ2v) is 6.28. The van der Waals surface area contributed by atoms with Gasteiger partial charge in [0.2, 0.25) is 0 Å². The molecule has 0 aromatic carbocycles. The van der Waals surface area contributed by atoms with E-state index in [1.807, 2.05) is 0 Å². The van der Waals surface area contributed by atoms with E-state index in [1.165, 1.54) is 7.11 Å². The van der Waals surface area contributed by atoms with Crippen molar-refractivity contribution in [3.8, 4) is 0 Å². The number of methoxy groups -OCH3 is 1. The van der Waals surface area contributed by atoms with Crippen molar-refractivity contribution in [2.24, 2.45) is 0 Å². The second kappa shape index (κ2) is 7.05. The topological polar surface area (TPSA) is 43.4 Å². The molecule has 0 saturated heterocycles. The molecule has 0 amide bonds. The third-order valence-corrected chi connectivity index (χ3v) is 5.31. The maximum atomic E-state index is 12.3. The number of ether oxygens (including phenoxy) is 1. The van der Waals surface area contributed by atoms with Crippen molar-refractivity contribution < 1.29 is 13.7 Å². The summed E-state index contributed by atoms with van der Waals surface area (Å²) in [5.41, 5.74) is 0. The second-order valence-electron chi connectivity index (χ2n) is 4.39. The Bertz CT molecular complexity index is 247. The molecular formula is C12H22O3S. The lowest BCUT2D eigenvalue weighted by Crippen LogP contribution is -2.32. The number of esters is 1. The largest absolute Gasteiger partial charge is 0.468 e. The van der Waals surface area contributed by atoms with Crippen LogP contribution in [0.2, 0.25) is 0 Å². The highest BCUT2D eigenvalue weighted by Gasteiger charge is 2.32. The molecule has 1 aliphatic rings. The fraction of sp³-hybridized carbons (Fsp3) is 0.917. The molecule has 0 radical (unpaired) electrons. The van der Waals surface area contributed by atoms with E-state index in [4.69, 9.17) is 4.74 Å². The molecule has 2 atom stereocenters. The summed E-state index contributed by atoms with van der Waals surface area (Å²) in [7, 11) is 0.343. The van der Waals surface area contributed by atoms with Gasteiger partial charge in [0.1, 0.15) is 5.25 Å². The van der Waals surface area contributed by atoms with Crippen molar-refractivity contribution in [1.82, 2.24) is 0 Å². The van der Waals surface area contributed by atoms with Crippen LogP contribution in [0.5, 0.6) is 0 Å². The highest BCUT2D eigenvalue weighted by molar-refractivity contribution is 7.87. The van der Waals surface area contributed by atoms with Crippen LogP contribution >= 0.6 is 0 Å². The molecule has 0 aliphatic heterocycles. The Morgan fingerprint density at radius 2 is 2.06 bits per heavy atom. The Labute approximate surface area is 100 Å². The molecule has 1 saturated carbocycles. The summed E-state index contributed by atoms with van der Waals surface area (Å²) in [5, 5.41) is -0.172. The first-order valence-corrected chi connectivity index (χ1v) is 7.45. The van der Waals surface area contributed by atoms with Crippen LogP contribution in [0, 0.1) is 0 Å². The number of unbranched alkanes of at least 4 members (excludes halogenated alkanes) is 1. The summed E-state index contributed by atoms with van der Waals surface area (Å²) in [4.78, 5) is 11.6. The van der Waals surface area contributed by atoms with Crippen LogP contribution in [0.4, 0.5) is 0 Å². The summed E-state index contributed by atoms with van der Waals surface area (Å²) in [6.45, 7) is 2.08. The average molecular weight is 246 g/mol. The van der Waals surface area contributed by atoms with Gasteiger partial charge in [-0.1, -0.05) is 32.6 Å². The van der Waals surface area contributed by atoms with Crippen LogP contribution < -0.4 is 0 Å². The molecule has 0 aromatic rings. The van der Waals surface area contributed by atoms with E-state index in [1.54, 1.807) is 0 Å². The van der Waals surface area contributed by atoms with Crippen molar-refractivity contribution in [2.75, 3.05) is 7.11 Å². The zero-order chi connectivity index (χ0) is 12.0. The van der Waals surface area contributed by atoms with Gasteiger partial charge in [0.05, 0.1) is 7.11 Å². The van der Waals surface area contributed by atoms with Gasteiger partial charge < -0.3 is 4.74 Å². The number of carbonyl (C=O) groups excluding carboxylic acids is 1. The first-order chi connectivity index (χ1) is 7.70. The van der Waals surface area contributed by atoms with Gasteiger partial charge in [0.25, 0.3) is 0 Å². The summed E-state index contributed by atoms with van der Waals surface area (Å²) in [6.07, 6.45) is 6.98. The minimum Gasteiger partial charge on any atom is -0.468 e. The highest BCUT2D eigenvalue weighted by atomic mass is 32.2. The van der Waals surface area contributed by atoms with Crippen LogP contribution in [-0.2, 0) is 20.3 Å². The monoisotopic (exact) mass is 246 g/mol. The lowest BCUT2D eigenvalue weighted by atomic mass is 10.2. The Hall–Kier alpha value is -0.380. The van der Waals surface area contributed by atoms with Crippen LogP contribution in [0.15, 0.2) is 0 Å². The number of rotatable bonds is 6. The van der Waals surface area contributed by atoms with E-state index in [-0.39, 0.29) is 11.2 Å². The van der Waals surface area contributed by atoms with Crippen molar-refractivity contribution >= 4 is 16.8 Å². The molecule has 0 aromatic heterocycles. The first kappa shape index (κ1) is 13.7. The minimum atomic E-state index is -1.04. The summed E-state index contributed by atoms with van der Waals surface area (Å²) in [6, 6.07) is 0. The molecule has 0 spiro atoms. The molecular weight excluding hydrogens is 224 g/mol. The van der Waals surface area contributed by atoms with Crippen molar-refractivity contribution in [3.63, 3.8) is 0 Å².